The van der Waals surface area contributed by atoms with Crippen LogP contribution in [0.2, 0.25) is 0 Å². The smallest absolute Gasteiger partial charge is 0.243 e. The third kappa shape index (κ3) is 4.56. The molecule has 8 nitrogen and oxygen atoms in total. The number of piperidine rings is 1. The van der Waals surface area contributed by atoms with Crippen molar-refractivity contribution in [1.29, 1.82) is 0 Å². The lowest BCUT2D eigenvalue weighted by Gasteiger charge is -2.30. The van der Waals surface area contributed by atoms with Crippen LogP contribution in [0.5, 0.6) is 0 Å². The van der Waals surface area contributed by atoms with Gasteiger partial charge in [0, 0.05) is 37.8 Å². The van der Waals surface area contributed by atoms with E-state index in [0.717, 1.165) is 12.8 Å². The molecule has 0 aromatic heterocycles. The Morgan fingerprint density at radius 2 is 1.68 bits per heavy atom. The maximum absolute atomic E-state index is 12.7. The van der Waals surface area contributed by atoms with E-state index in [1.54, 1.807) is 19.1 Å². The molecular formula is C18H27N3O5S2. The predicted octanol–water partition coefficient (Wildman–Crippen LogP) is 1.47. The quantitative estimate of drug-likeness (QED) is 0.737. The van der Waals surface area contributed by atoms with Crippen LogP contribution >= 0.6 is 0 Å². The van der Waals surface area contributed by atoms with Gasteiger partial charge in [0.05, 0.1) is 10.6 Å². The van der Waals surface area contributed by atoms with Gasteiger partial charge in [0.2, 0.25) is 26.0 Å². The van der Waals surface area contributed by atoms with Gasteiger partial charge < -0.3 is 5.32 Å². The summed E-state index contributed by atoms with van der Waals surface area (Å²) in [7, 11) is -6.77. The van der Waals surface area contributed by atoms with Crippen LogP contribution < -0.4 is 5.32 Å². The minimum Gasteiger partial charge on any atom is -0.326 e. The number of benzene rings is 1. The Kier molecular flexibility index (Phi) is 6.43. The first kappa shape index (κ1) is 21.2. The van der Waals surface area contributed by atoms with Crippen molar-refractivity contribution in [3.05, 3.63) is 24.3 Å². The number of carbonyl (C=O) groups is 1. The first-order chi connectivity index (χ1) is 13.2. The summed E-state index contributed by atoms with van der Waals surface area (Å²) < 4.78 is 52.1. The summed E-state index contributed by atoms with van der Waals surface area (Å²) in [4.78, 5) is 12.7. The Labute approximate surface area is 167 Å². The fourth-order valence-corrected chi connectivity index (χ4v) is 6.33. The number of amides is 1. The molecule has 2 fully saturated rings. The van der Waals surface area contributed by atoms with Crippen molar-refractivity contribution in [3.8, 4) is 0 Å². The number of sulfonamides is 2. The summed E-state index contributed by atoms with van der Waals surface area (Å²) in [5, 5.41) is 2.79. The van der Waals surface area contributed by atoms with Crippen LogP contribution in [0.4, 0.5) is 5.69 Å². The lowest BCUT2D eigenvalue weighted by atomic mass is 9.97. The molecule has 0 radical (unpaired) electrons. The minimum atomic E-state index is -3.54. The molecule has 10 heteroatoms. The zero-order valence-electron chi connectivity index (χ0n) is 16.0. The van der Waals surface area contributed by atoms with Gasteiger partial charge in [-0.25, -0.2) is 21.1 Å². The van der Waals surface area contributed by atoms with Crippen molar-refractivity contribution in [2.24, 2.45) is 5.92 Å². The molecule has 0 bridgehead atoms. The van der Waals surface area contributed by atoms with E-state index in [2.05, 4.69) is 5.32 Å². The average molecular weight is 430 g/mol. The fourth-order valence-electron chi connectivity index (χ4n) is 3.63. The lowest BCUT2D eigenvalue weighted by molar-refractivity contribution is -0.120. The van der Waals surface area contributed by atoms with Gasteiger partial charge in [0.15, 0.2) is 0 Å². The number of hydrogen-bond acceptors (Lipinski definition) is 5. The third-order valence-corrected chi connectivity index (χ3v) is 9.16. The van der Waals surface area contributed by atoms with Gasteiger partial charge in [-0.2, -0.15) is 4.31 Å². The van der Waals surface area contributed by atoms with Crippen LogP contribution in [-0.2, 0) is 24.8 Å². The molecule has 0 atom stereocenters. The number of hydrogen-bond donors (Lipinski definition) is 1. The molecule has 2 heterocycles. The Balaban J connectivity index is 1.64. The molecule has 1 N–H and O–H groups in total. The normalized spacial score (nSPS) is 20.3. The van der Waals surface area contributed by atoms with E-state index in [9.17, 15) is 21.6 Å². The van der Waals surface area contributed by atoms with E-state index >= 15 is 0 Å². The van der Waals surface area contributed by atoms with E-state index in [0.29, 0.717) is 44.7 Å². The molecule has 2 aliphatic rings. The predicted molar refractivity (Wildman–Crippen MR) is 107 cm³/mol. The summed E-state index contributed by atoms with van der Waals surface area (Å²) in [6.45, 7) is 3.32. The van der Waals surface area contributed by atoms with E-state index < -0.39 is 20.0 Å². The van der Waals surface area contributed by atoms with Crippen LogP contribution in [0.25, 0.3) is 0 Å². The second-order valence-corrected chi connectivity index (χ2v) is 11.4. The van der Waals surface area contributed by atoms with Gasteiger partial charge in [-0.05, 0) is 50.8 Å². The monoisotopic (exact) mass is 429 g/mol. The SMILES string of the molecule is CCS(=O)(=O)N1CCC(C(=O)Nc2cccc(S(=O)(=O)N3CCCC3)c2)CC1. The number of anilines is 1. The molecular weight excluding hydrogens is 402 g/mol. The summed E-state index contributed by atoms with van der Waals surface area (Å²) >= 11 is 0. The molecule has 2 saturated heterocycles. The first-order valence-electron chi connectivity index (χ1n) is 9.63. The van der Waals surface area contributed by atoms with Gasteiger partial charge in [0.1, 0.15) is 0 Å². The van der Waals surface area contributed by atoms with E-state index in [1.165, 1.54) is 20.7 Å². The average Bonchev–Trinajstić information content (AvgIpc) is 3.24. The van der Waals surface area contributed by atoms with Crippen molar-refractivity contribution in [2.75, 3.05) is 37.2 Å². The topological polar surface area (TPSA) is 104 Å². The highest BCUT2D eigenvalue weighted by Crippen LogP contribution is 2.25. The number of rotatable bonds is 6. The molecule has 0 spiro atoms. The van der Waals surface area contributed by atoms with Crippen LogP contribution in [0.15, 0.2) is 29.2 Å². The number of carbonyl (C=O) groups excluding carboxylic acids is 1. The van der Waals surface area contributed by atoms with E-state index in [4.69, 9.17) is 0 Å². The molecule has 0 unspecified atom stereocenters. The Morgan fingerprint density at radius 1 is 1.04 bits per heavy atom. The summed E-state index contributed by atoms with van der Waals surface area (Å²) in [6.07, 6.45) is 2.64. The van der Waals surface area contributed by atoms with Crippen molar-refractivity contribution < 1.29 is 21.6 Å². The summed E-state index contributed by atoms with van der Waals surface area (Å²) in [6, 6.07) is 6.31. The second kappa shape index (κ2) is 8.48. The molecule has 156 valence electrons. The van der Waals surface area contributed by atoms with Crippen molar-refractivity contribution in [1.82, 2.24) is 8.61 Å². The van der Waals surface area contributed by atoms with Crippen LogP contribution in [0.3, 0.4) is 0 Å². The van der Waals surface area contributed by atoms with Gasteiger partial charge >= 0.3 is 0 Å². The highest BCUT2D eigenvalue weighted by atomic mass is 32.2. The van der Waals surface area contributed by atoms with Gasteiger partial charge in [-0.3, -0.25) is 4.79 Å². The van der Waals surface area contributed by atoms with Crippen molar-refractivity contribution >= 4 is 31.6 Å². The molecule has 1 aromatic rings. The number of nitrogens with zero attached hydrogens (tertiary/aromatic N) is 2. The largest absolute Gasteiger partial charge is 0.326 e. The van der Waals surface area contributed by atoms with Crippen LogP contribution in [-0.4, -0.2) is 63.3 Å². The zero-order chi connectivity index (χ0) is 20.4. The van der Waals surface area contributed by atoms with E-state index in [1.807, 2.05) is 0 Å². The highest BCUT2D eigenvalue weighted by molar-refractivity contribution is 7.89. The molecule has 0 aliphatic carbocycles. The Bertz CT molecular complexity index is 916. The summed E-state index contributed by atoms with van der Waals surface area (Å²) in [5.41, 5.74) is 0.439. The lowest BCUT2D eigenvalue weighted by Crippen LogP contribution is -2.42. The Hall–Kier alpha value is -1.49. The van der Waals surface area contributed by atoms with Gasteiger partial charge in [-0.1, -0.05) is 6.07 Å². The standard InChI is InChI=1S/C18H27N3O5S2/c1-2-27(23,24)20-12-8-15(9-13-20)18(22)19-16-6-5-7-17(14-16)28(25,26)21-10-3-4-11-21/h5-7,14-15H,2-4,8-13H2,1H3,(H,19,22). The highest BCUT2D eigenvalue weighted by Gasteiger charge is 2.31. The van der Waals surface area contributed by atoms with Gasteiger partial charge in [0.25, 0.3) is 0 Å². The maximum atomic E-state index is 12.7. The number of nitrogens with one attached hydrogen (secondary N) is 1. The van der Waals surface area contributed by atoms with Gasteiger partial charge in [-0.15, -0.1) is 0 Å². The third-order valence-electron chi connectivity index (χ3n) is 5.39. The Morgan fingerprint density at radius 3 is 2.29 bits per heavy atom. The van der Waals surface area contributed by atoms with Crippen molar-refractivity contribution in [3.63, 3.8) is 0 Å². The molecule has 1 aromatic carbocycles. The second-order valence-electron chi connectivity index (χ2n) is 7.20. The van der Waals surface area contributed by atoms with E-state index in [-0.39, 0.29) is 22.5 Å². The fraction of sp³-hybridized carbons (Fsp3) is 0.611. The minimum absolute atomic E-state index is 0.0577. The van der Waals surface area contributed by atoms with Crippen LogP contribution in [0, 0.1) is 5.92 Å². The zero-order valence-corrected chi connectivity index (χ0v) is 17.6. The first-order valence-corrected chi connectivity index (χ1v) is 12.7. The molecule has 3 rings (SSSR count). The maximum Gasteiger partial charge on any atom is 0.243 e. The van der Waals surface area contributed by atoms with Crippen molar-refractivity contribution in [2.45, 2.75) is 37.5 Å². The van der Waals surface area contributed by atoms with Crippen LogP contribution in [0.1, 0.15) is 32.6 Å². The molecule has 28 heavy (non-hydrogen) atoms. The molecule has 0 saturated carbocycles. The molecule has 1 amide bonds. The summed E-state index contributed by atoms with van der Waals surface area (Å²) in [5.74, 6) is -0.436. The molecule has 2 aliphatic heterocycles.